The second-order valence-electron chi connectivity index (χ2n) is 5.05. The summed E-state index contributed by atoms with van der Waals surface area (Å²) in [5, 5.41) is 0.941. The van der Waals surface area contributed by atoms with Crippen LogP contribution in [0.25, 0.3) is 10.9 Å². The number of amides is 2. The van der Waals surface area contributed by atoms with E-state index in [4.69, 9.17) is 5.73 Å². The smallest absolute Gasteiger partial charge is 0.324 e. The first-order valence-electron chi connectivity index (χ1n) is 6.83. The van der Waals surface area contributed by atoms with Crippen molar-refractivity contribution >= 4 is 28.3 Å². The molecule has 1 aromatic heterocycles. The van der Waals surface area contributed by atoms with Crippen LogP contribution in [0, 0.1) is 6.92 Å². The van der Waals surface area contributed by atoms with Gasteiger partial charge >= 0.3 is 6.03 Å². The van der Waals surface area contributed by atoms with E-state index in [0.29, 0.717) is 12.2 Å². The number of fused-ring (bicyclic) bond motifs is 1. The van der Waals surface area contributed by atoms with Gasteiger partial charge in [-0.1, -0.05) is 12.1 Å². The molecule has 0 unspecified atom stereocenters. The van der Waals surface area contributed by atoms with Crippen LogP contribution in [0.4, 0.5) is 16.2 Å². The Labute approximate surface area is 118 Å². The molecule has 1 saturated heterocycles. The molecule has 3 rings (SSSR count). The SMILES string of the molecule is CCN1CCN(c2c(C)cnc3c(N)cccc23)C1=O. The number of aromatic nitrogens is 1. The summed E-state index contributed by atoms with van der Waals surface area (Å²) < 4.78 is 0. The zero-order valence-electron chi connectivity index (χ0n) is 11.8. The van der Waals surface area contributed by atoms with Gasteiger partial charge < -0.3 is 10.6 Å². The van der Waals surface area contributed by atoms with Crippen LogP contribution in [0.1, 0.15) is 12.5 Å². The van der Waals surface area contributed by atoms with Crippen molar-refractivity contribution in [3.8, 4) is 0 Å². The first kappa shape index (κ1) is 12.7. The van der Waals surface area contributed by atoms with Crippen molar-refractivity contribution in [2.24, 2.45) is 0 Å². The Morgan fingerprint density at radius 3 is 2.85 bits per heavy atom. The van der Waals surface area contributed by atoms with E-state index < -0.39 is 0 Å². The van der Waals surface area contributed by atoms with Gasteiger partial charge in [0.1, 0.15) is 0 Å². The van der Waals surface area contributed by atoms with Gasteiger partial charge in [-0.3, -0.25) is 9.88 Å². The Kier molecular flexibility index (Phi) is 2.97. The Morgan fingerprint density at radius 2 is 2.15 bits per heavy atom. The molecule has 20 heavy (non-hydrogen) atoms. The molecule has 5 nitrogen and oxygen atoms in total. The second-order valence-corrected chi connectivity index (χ2v) is 5.05. The lowest BCUT2D eigenvalue weighted by Gasteiger charge is -2.21. The minimum absolute atomic E-state index is 0.0607. The highest BCUT2D eigenvalue weighted by Gasteiger charge is 2.30. The zero-order valence-corrected chi connectivity index (χ0v) is 11.8. The van der Waals surface area contributed by atoms with Crippen molar-refractivity contribution < 1.29 is 4.79 Å². The van der Waals surface area contributed by atoms with Gasteiger partial charge in [-0.15, -0.1) is 0 Å². The van der Waals surface area contributed by atoms with Crippen LogP contribution >= 0.6 is 0 Å². The standard InChI is InChI=1S/C15H18N4O/c1-3-18-7-8-19(15(18)20)14-10(2)9-17-13-11(14)5-4-6-12(13)16/h4-6,9H,3,7-8,16H2,1-2H3. The number of carbonyl (C=O) groups excluding carboxylic acids is 1. The Morgan fingerprint density at radius 1 is 1.35 bits per heavy atom. The van der Waals surface area contributed by atoms with Gasteiger partial charge in [0.05, 0.1) is 16.9 Å². The van der Waals surface area contributed by atoms with Gasteiger partial charge in [0.2, 0.25) is 0 Å². The number of pyridine rings is 1. The number of rotatable bonds is 2. The van der Waals surface area contributed by atoms with Crippen LogP contribution < -0.4 is 10.6 Å². The predicted molar refractivity (Wildman–Crippen MR) is 80.9 cm³/mol. The molecular weight excluding hydrogens is 252 g/mol. The van der Waals surface area contributed by atoms with Gasteiger partial charge in [-0.2, -0.15) is 0 Å². The highest BCUT2D eigenvalue weighted by molar-refractivity contribution is 6.06. The Bertz CT molecular complexity index is 683. The van der Waals surface area contributed by atoms with Crippen LogP contribution in [0.15, 0.2) is 24.4 Å². The maximum atomic E-state index is 12.4. The monoisotopic (exact) mass is 270 g/mol. The maximum Gasteiger partial charge on any atom is 0.324 e. The lowest BCUT2D eigenvalue weighted by atomic mass is 10.1. The van der Waals surface area contributed by atoms with Gasteiger partial charge in [-0.05, 0) is 25.5 Å². The number of likely N-dealkylation sites (N-methyl/N-ethyl adjacent to an activating group) is 1. The van der Waals surface area contributed by atoms with E-state index in [1.807, 2.05) is 41.8 Å². The van der Waals surface area contributed by atoms with E-state index in [2.05, 4.69) is 4.98 Å². The molecule has 0 aliphatic carbocycles. The molecule has 1 fully saturated rings. The topological polar surface area (TPSA) is 62.5 Å². The number of aryl methyl sites for hydroxylation is 1. The normalized spacial score (nSPS) is 15.4. The summed E-state index contributed by atoms with van der Waals surface area (Å²) in [6.45, 7) is 6.19. The number of para-hydroxylation sites is 1. The molecule has 1 aromatic carbocycles. The highest BCUT2D eigenvalue weighted by Crippen LogP contribution is 2.33. The average molecular weight is 270 g/mol. The highest BCUT2D eigenvalue weighted by atomic mass is 16.2. The fourth-order valence-corrected chi connectivity index (χ4v) is 2.77. The predicted octanol–water partition coefficient (Wildman–Crippen LogP) is 2.39. The number of urea groups is 1. The third-order valence-electron chi connectivity index (χ3n) is 3.83. The molecule has 2 N–H and O–H groups in total. The second kappa shape index (κ2) is 4.67. The molecule has 5 heteroatoms. The van der Waals surface area contributed by atoms with Crippen molar-refractivity contribution in [3.63, 3.8) is 0 Å². The van der Waals surface area contributed by atoms with Crippen molar-refractivity contribution in [1.29, 1.82) is 0 Å². The number of hydrogen-bond donors (Lipinski definition) is 1. The fraction of sp³-hybridized carbons (Fsp3) is 0.333. The lowest BCUT2D eigenvalue weighted by molar-refractivity contribution is 0.223. The minimum Gasteiger partial charge on any atom is -0.397 e. The number of anilines is 2. The summed E-state index contributed by atoms with van der Waals surface area (Å²) in [5.41, 5.74) is 9.32. The molecule has 0 atom stereocenters. The summed E-state index contributed by atoms with van der Waals surface area (Å²) in [4.78, 5) is 20.5. The average Bonchev–Trinajstić information content (AvgIpc) is 2.80. The molecule has 0 saturated carbocycles. The first-order valence-corrected chi connectivity index (χ1v) is 6.83. The third kappa shape index (κ3) is 1.78. The quantitative estimate of drug-likeness (QED) is 0.852. The van der Waals surface area contributed by atoms with Crippen molar-refractivity contribution in [1.82, 2.24) is 9.88 Å². The third-order valence-corrected chi connectivity index (χ3v) is 3.83. The van der Waals surface area contributed by atoms with Gasteiger partial charge in [0, 0.05) is 31.2 Å². The summed E-state index contributed by atoms with van der Waals surface area (Å²) in [5.74, 6) is 0. The zero-order chi connectivity index (χ0) is 14.3. The molecular formula is C15H18N4O. The van der Waals surface area contributed by atoms with Crippen LogP contribution in [-0.4, -0.2) is 35.5 Å². The van der Waals surface area contributed by atoms with E-state index in [9.17, 15) is 4.79 Å². The first-order chi connectivity index (χ1) is 9.63. The molecule has 104 valence electrons. The van der Waals surface area contributed by atoms with Gasteiger partial charge in [0.15, 0.2) is 0 Å². The minimum atomic E-state index is 0.0607. The van der Waals surface area contributed by atoms with E-state index in [-0.39, 0.29) is 6.03 Å². The fourth-order valence-electron chi connectivity index (χ4n) is 2.77. The van der Waals surface area contributed by atoms with Crippen molar-refractivity contribution in [3.05, 3.63) is 30.0 Å². The number of nitrogens with two attached hydrogens (primary N) is 1. The number of benzene rings is 1. The van der Waals surface area contributed by atoms with Crippen molar-refractivity contribution in [2.45, 2.75) is 13.8 Å². The van der Waals surface area contributed by atoms with Crippen molar-refractivity contribution in [2.75, 3.05) is 30.3 Å². The summed E-state index contributed by atoms with van der Waals surface area (Å²) in [6.07, 6.45) is 1.79. The van der Waals surface area contributed by atoms with Crippen LogP contribution in [0.5, 0.6) is 0 Å². The molecule has 1 aliphatic heterocycles. The lowest BCUT2D eigenvalue weighted by Crippen LogP contribution is -2.32. The molecule has 0 spiro atoms. The molecule has 2 amide bonds. The van der Waals surface area contributed by atoms with E-state index in [1.54, 1.807) is 6.20 Å². The molecule has 2 aromatic rings. The molecule has 1 aliphatic rings. The summed E-state index contributed by atoms with van der Waals surface area (Å²) in [7, 11) is 0. The Hall–Kier alpha value is -2.30. The maximum absolute atomic E-state index is 12.4. The largest absolute Gasteiger partial charge is 0.397 e. The Balaban J connectivity index is 2.19. The molecule has 0 bridgehead atoms. The van der Waals surface area contributed by atoms with Crippen LogP contribution in [-0.2, 0) is 0 Å². The number of nitrogens with zero attached hydrogens (tertiary/aromatic N) is 3. The molecule has 2 heterocycles. The van der Waals surface area contributed by atoms with Crippen LogP contribution in [0.3, 0.4) is 0 Å². The number of nitrogen functional groups attached to an aromatic ring is 1. The van der Waals surface area contributed by atoms with E-state index in [1.165, 1.54) is 0 Å². The van der Waals surface area contributed by atoms with E-state index >= 15 is 0 Å². The van der Waals surface area contributed by atoms with E-state index in [0.717, 1.165) is 35.2 Å². The van der Waals surface area contributed by atoms with Gasteiger partial charge in [0.25, 0.3) is 0 Å². The number of hydrogen-bond acceptors (Lipinski definition) is 3. The molecule has 0 radical (unpaired) electrons. The summed E-state index contributed by atoms with van der Waals surface area (Å²) >= 11 is 0. The van der Waals surface area contributed by atoms with Crippen LogP contribution in [0.2, 0.25) is 0 Å². The number of carbonyl (C=O) groups is 1. The van der Waals surface area contributed by atoms with Gasteiger partial charge in [-0.25, -0.2) is 4.79 Å². The summed E-state index contributed by atoms with van der Waals surface area (Å²) in [6, 6.07) is 5.77.